The second-order valence-electron chi connectivity index (χ2n) is 5.83. The van der Waals surface area contributed by atoms with Gasteiger partial charge in [0.25, 0.3) is 5.91 Å². The normalized spacial score (nSPS) is 11.1. The Morgan fingerprint density at radius 1 is 1.07 bits per heavy atom. The number of halogens is 3. The van der Waals surface area contributed by atoms with E-state index >= 15 is 0 Å². The molecule has 4 aromatic rings. The molecular weight excluding hydrogens is 408 g/mol. The van der Waals surface area contributed by atoms with Crippen molar-refractivity contribution in [2.24, 2.45) is 5.73 Å². The summed E-state index contributed by atoms with van der Waals surface area (Å²) in [4.78, 5) is 35.5. The van der Waals surface area contributed by atoms with Crippen LogP contribution in [-0.2, 0) is 0 Å². The lowest BCUT2D eigenvalue weighted by atomic mass is 10.2. The smallest absolute Gasteiger partial charge is 0.332 e. The summed E-state index contributed by atoms with van der Waals surface area (Å²) in [6.07, 6.45) is 0. The zero-order valence-corrected chi connectivity index (χ0v) is 15.4. The minimum absolute atomic E-state index is 0.0782. The number of imidazole rings is 1. The summed E-state index contributed by atoms with van der Waals surface area (Å²) in [6, 6.07) is 9.97. The number of H-pyrrole nitrogens is 1. The van der Waals surface area contributed by atoms with Gasteiger partial charge in [0, 0.05) is 5.56 Å². The summed E-state index contributed by atoms with van der Waals surface area (Å²) in [5.74, 6) is -1.18. The molecule has 0 bridgehead atoms. The lowest BCUT2D eigenvalue weighted by Gasteiger charge is -2.07. The zero-order valence-electron chi connectivity index (χ0n) is 13.9. The van der Waals surface area contributed by atoms with E-state index in [1.54, 1.807) is 6.07 Å². The van der Waals surface area contributed by atoms with Crippen LogP contribution in [0, 0.1) is 5.82 Å². The lowest BCUT2D eigenvalue weighted by Crippen LogP contribution is -2.15. The average molecular weight is 418 g/mol. The van der Waals surface area contributed by atoms with Crippen LogP contribution in [0.2, 0.25) is 10.0 Å². The fourth-order valence-electron chi connectivity index (χ4n) is 2.75. The van der Waals surface area contributed by atoms with Crippen molar-refractivity contribution in [3.05, 3.63) is 74.5 Å². The van der Waals surface area contributed by atoms with E-state index in [1.165, 1.54) is 41.0 Å². The fourth-order valence-corrected chi connectivity index (χ4v) is 3.05. The lowest BCUT2D eigenvalue weighted by molar-refractivity contribution is 0.0997. The molecule has 0 saturated heterocycles. The first-order valence-electron chi connectivity index (χ1n) is 7.89. The summed E-state index contributed by atoms with van der Waals surface area (Å²) in [7, 11) is 0. The molecule has 1 amide bonds. The van der Waals surface area contributed by atoms with Crippen LogP contribution < -0.4 is 11.4 Å². The molecule has 140 valence electrons. The van der Waals surface area contributed by atoms with Crippen molar-refractivity contribution in [2.75, 3.05) is 0 Å². The van der Waals surface area contributed by atoms with Gasteiger partial charge in [-0.05, 0) is 42.5 Å². The number of aromatic amines is 1. The highest BCUT2D eigenvalue weighted by Gasteiger charge is 2.20. The molecule has 3 N–H and O–H groups in total. The second-order valence-corrected chi connectivity index (χ2v) is 6.64. The maximum atomic E-state index is 13.2. The van der Waals surface area contributed by atoms with Gasteiger partial charge in [-0.25, -0.2) is 23.7 Å². The van der Waals surface area contributed by atoms with Crippen molar-refractivity contribution in [3.63, 3.8) is 0 Å². The summed E-state index contributed by atoms with van der Waals surface area (Å²) in [6.45, 7) is 0. The van der Waals surface area contributed by atoms with Gasteiger partial charge < -0.3 is 10.7 Å². The minimum atomic E-state index is -0.849. The molecule has 0 unspecified atom stereocenters. The number of nitrogens with zero attached hydrogens (tertiary/aromatic N) is 3. The number of hydrogen-bond donors (Lipinski definition) is 2. The average Bonchev–Trinajstić information content (AvgIpc) is 2.99. The van der Waals surface area contributed by atoms with E-state index in [4.69, 9.17) is 28.9 Å². The Labute approximate surface area is 166 Å². The van der Waals surface area contributed by atoms with Crippen LogP contribution in [-0.4, -0.2) is 25.4 Å². The third kappa shape index (κ3) is 3.02. The monoisotopic (exact) mass is 417 g/mol. The largest absolute Gasteiger partial charge is 0.364 e. The fraction of sp³-hybridized carbons (Fsp3) is 0. The molecule has 28 heavy (non-hydrogen) atoms. The Morgan fingerprint density at radius 2 is 1.79 bits per heavy atom. The topological polar surface area (TPSA) is 107 Å². The third-order valence-electron chi connectivity index (χ3n) is 4.03. The number of nitrogens with one attached hydrogen (secondary N) is 1. The standard InChI is InChI=1S/C18H10Cl2FN5O2/c19-11-6-5-10(7-12(11)20)26-17-14(24-18(26)28)13(15(22)27)23-16(25-17)8-1-3-9(21)4-2-8/h1-7H,(H2,22,27)(H,24,28). The predicted molar refractivity (Wildman–Crippen MR) is 103 cm³/mol. The summed E-state index contributed by atoms with van der Waals surface area (Å²) in [5, 5.41) is 0.557. The number of benzene rings is 2. The molecule has 7 nitrogen and oxygen atoms in total. The number of aromatic nitrogens is 4. The molecule has 0 aliphatic heterocycles. The molecule has 2 aromatic heterocycles. The van der Waals surface area contributed by atoms with Crippen LogP contribution in [0.25, 0.3) is 28.2 Å². The number of rotatable bonds is 3. The molecule has 0 fully saturated rings. The van der Waals surface area contributed by atoms with E-state index in [9.17, 15) is 14.0 Å². The van der Waals surface area contributed by atoms with Gasteiger partial charge in [0.15, 0.2) is 17.2 Å². The molecule has 0 atom stereocenters. The van der Waals surface area contributed by atoms with Crippen molar-refractivity contribution < 1.29 is 9.18 Å². The first-order valence-corrected chi connectivity index (χ1v) is 8.64. The second kappa shape index (κ2) is 6.74. The van der Waals surface area contributed by atoms with Crippen molar-refractivity contribution >= 4 is 40.3 Å². The first kappa shape index (κ1) is 18.1. The molecule has 4 rings (SSSR count). The Kier molecular flexibility index (Phi) is 4.37. The van der Waals surface area contributed by atoms with Gasteiger partial charge in [0.1, 0.15) is 11.3 Å². The number of nitrogens with two attached hydrogens (primary N) is 1. The van der Waals surface area contributed by atoms with E-state index < -0.39 is 17.4 Å². The summed E-state index contributed by atoms with van der Waals surface area (Å²) in [5.41, 5.74) is 5.72. The number of amides is 1. The van der Waals surface area contributed by atoms with Gasteiger partial charge in [-0.2, -0.15) is 0 Å². The molecule has 0 saturated carbocycles. The quantitative estimate of drug-likeness (QED) is 0.532. The molecule has 0 aliphatic carbocycles. The van der Waals surface area contributed by atoms with Gasteiger partial charge in [-0.1, -0.05) is 23.2 Å². The zero-order chi connectivity index (χ0) is 20.0. The van der Waals surface area contributed by atoms with Crippen LogP contribution in [0.15, 0.2) is 47.3 Å². The number of fused-ring (bicyclic) bond motifs is 1. The van der Waals surface area contributed by atoms with Crippen molar-refractivity contribution in [2.45, 2.75) is 0 Å². The highest BCUT2D eigenvalue weighted by atomic mass is 35.5. The highest BCUT2D eigenvalue weighted by molar-refractivity contribution is 6.42. The molecule has 2 heterocycles. The third-order valence-corrected chi connectivity index (χ3v) is 4.77. The van der Waals surface area contributed by atoms with Crippen molar-refractivity contribution in [1.29, 1.82) is 0 Å². The van der Waals surface area contributed by atoms with E-state index in [0.29, 0.717) is 16.3 Å². The van der Waals surface area contributed by atoms with Crippen LogP contribution in [0.3, 0.4) is 0 Å². The van der Waals surface area contributed by atoms with Gasteiger partial charge in [0.2, 0.25) is 0 Å². The first-order chi connectivity index (χ1) is 13.3. The maximum absolute atomic E-state index is 13.2. The Bertz CT molecular complexity index is 1300. The van der Waals surface area contributed by atoms with Gasteiger partial charge >= 0.3 is 5.69 Å². The van der Waals surface area contributed by atoms with E-state index in [1.807, 2.05) is 0 Å². The van der Waals surface area contributed by atoms with Crippen LogP contribution >= 0.6 is 23.2 Å². The highest BCUT2D eigenvalue weighted by Crippen LogP contribution is 2.26. The predicted octanol–water partition coefficient (Wildman–Crippen LogP) is 3.32. The molecule has 0 spiro atoms. The molecule has 10 heteroatoms. The number of carbonyl (C=O) groups is 1. The SMILES string of the molecule is NC(=O)c1nc(-c2ccc(F)cc2)nc2c1[nH]c(=O)n2-c1ccc(Cl)c(Cl)c1. The Balaban J connectivity index is 2.05. The number of carbonyl (C=O) groups excluding carboxylic acids is 1. The van der Waals surface area contributed by atoms with Crippen LogP contribution in [0.4, 0.5) is 4.39 Å². The summed E-state index contributed by atoms with van der Waals surface area (Å²) >= 11 is 12.0. The number of primary amides is 1. The molecule has 0 radical (unpaired) electrons. The summed E-state index contributed by atoms with van der Waals surface area (Å²) < 4.78 is 14.5. The van der Waals surface area contributed by atoms with E-state index in [2.05, 4.69) is 15.0 Å². The maximum Gasteiger partial charge on any atom is 0.332 e. The van der Waals surface area contributed by atoms with E-state index in [0.717, 1.165) is 0 Å². The van der Waals surface area contributed by atoms with Crippen LogP contribution in [0.1, 0.15) is 10.5 Å². The van der Waals surface area contributed by atoms with Gasteiger partial charge in [-0.3, -0.25) is 4.79 Å². The van der Waals surface area contributed by atoms with E-state index in [-0.39, 0.29) is 27.7 Å². The Morgan fingerprint density at radius 3 is 2.43 bits per heavy atom. The van der Waals surface area contributed by atoms with Gasteiger partial charge in [-0.15, -0.1) is 0 Å². The minimum Gasteiger partial charge on any atom is -0.364 e. The van der Waals surface area contributed by atoms with Crippen LogP contribution in [0.5, 0.6) is 0 Å². The molecular formula is C18H10Cl2FN5O2. The molecule has 0 aliphatic rings. The molecule has 2 aromatic carbocycles. The number of hydrogen-bond acceptors (Lipinski definition) is 4. The van der Waals surface area contributed by atoms with Gasteiger partial charge in [0.05, 0.1) is 15.7 Å². The van der Waals surface area contributed by atoms with Crippen molar-refractivity contribution in [3.8, 4) is 17.1 Å². The van der Waals surface area contributed by atoms with Crippen molar-refractivity contribution in [1.82, 2.24) is 19.5 Å². The Hall–Kier alpha value is -3.23.